The Hall–Kier alpha value is -3.26. The zero-order valence-corrected chi connectivity index (χ0v) is 16.1. The van der Waals surface area contributed by atoms with E-state index in [0.717, 1.165) is 0 Å². The average Bonchev–Trinajstić information content (AvgIpc) is 3.02. The topological polar surface area (TPSA) is 121 Å². The normalized spacial score (nSPS) is 21.6. The van der Waals surface area contributed by atoms with Crippen LogP contribution in [0.3, 0.4) is 0 Å². The van der Waals surface area contributed by atoms with Crippen molar-refractivity contribution in [2.24, 2.45) is 0 Å². The molecule has 1 saturated heterocycles. The van der Waals surface area contributed by atoms with Gasteiger partial charge in [-0.15, -0.1) is 0 Å². The highest BCUT2D eigenvalue weighted by Crippen LogP contribution is 2.51. The smallest absolute Gasteiger partial charge is 0.317 e. The zero-order chi connectivity index (χ0) is 21.3. The van der Waals surface area contributed by atoms with Gasteiger partial charge in [-0.05, 0) is 30.5 Å². The van der Waals surface area contributed by atoms with Crippen molar-refractivity contribution in [1.82, 2.24) is 4.90 Å². The number of aliphatic hydroxyl groups is 1. The number of rotatable bonds is 6. The van der Waals surface area contributed by atoms with Crippen LogP contribution in [0.2, 0.25) is 0 Å². The monoisotopic (exact) mass is 398 g/mol. The molecule has 8 nitrogen and oxygen atoms in total. The summed E-state index contributed by atoms with van der Waals surface area (Å²) in [5.74, 6) is -1.46. The molecule has 0 saturated carbocycles. The van der Waals surface area contributed by atoms with E-state index < -0.39 is 22.3 Å². The van der Waals surface area contributed by atoms with Gasteiger partial charge in [0.15, 0.2) is 0 Å². The molecule has 8 heteroatoms. The van der Waals surface area contributed by atoms with Crippen LogP contribution in [0.25, 0.3) is 0 Å². The first-order chi connectivity index (χ1) is 13.7. The van der Waals surface area contributed by atoms with Crippen LogP contribution < -0.4 is 0 Å². The van der Waals surface area contributed by atoms with E-state index in [1.165, 1.54) is 24.3 Å². The molecular formula is C21H22N2O6. The molecule has 0 spiro atoms. The van der Waals surface area contributed by atoms with Crippen molar-refractivity contribution < 1.29 is 24.7 Å². The molecule has 2 aromatic carbocycles. The highest BCUT2D eigenvalue weighted by atomic mass is 16.6. The number of nitro groups is 1. The van der Waals surface area contributed by atoms with Crippen LogP contribution in [0.1, 0.15) is 43.0 Å². The Balaban J connectivity index is 2.22. The van der Waals surface area contributed by atoms with Crippen LogP contribution in [-0.2, 0) is 21.6 Å². The fraction of sp³-hybridized carbons (Fsp3) is 0.333. The van der Waals surface area contributed by atoms with Gasteiger partial charge in [0.05, 0.1) is 17.6 Å². The summed E-state index contributed by atoms with van der Waals surface area (Å²) < 4.78 is 0. The lowest BCUT2D eigenvalue weighted by atomic mass is 9.71. The van der Waals surface area contributed by atoms with Gasteiger partial charge in [-0.2, -0.15) is 0 Å². The number of carbonyl (C=O) groups excluding carboxylic acids is 1. The number of benzene rings is 2. The maximum atomic E-state index is 12.9. The third-order valence-electron chi connectivity index (χ3n) is 5.47. The Labute approximate surface area is 167 Å². The second-order valence-corrected chi connectivity index (χ2v) is 7.45. The molecule has 1 fully saturated rings. The number of carboxylic acids is 1. The van der Waals surface area contributed by atoms with E-state index >= 15 is 0 Å². The first-order valence-electron chi connectivity index (χ1n) is 9.21. The lowest BCUT2D eigenvalue weighted by Gasteiger charge is -2.37. The number of likely N-dealkylation sites (tertiary alicyclic amines) is 1. The van der Waals surface area contributed by atoms with Crippen LogP contribution in [0, 0.1) is 10.1 Å². The first kappa shape index (κ1) is 20.5. The van der Waals surface area contributed by atoms with Crippen molar-refractivity contribution >= 4 is 17.6 Å². The Morgan fingerprint density at radius 2 is 1.79 bits per heavy atom. The number of carboxylic acid groups (broad SMARTS) is 1. The number of nitro benzene ring substituents is 1. The molecule has 2 atom stereocenters. The molecule has 1 aliphatic heterocycles. The molecule has 2 N–H and O–H groups in total. The number of nitrogens with zero attached hydrogens (tertiary/aromatic N) is 2. The van der Waals surface area contributed by atoms with E-state index in [4.69, 9.17) is 0 Å². The zero-order valence-electron chi connectivity index (χ0n) is 16.1. The highest BCUT2D eigenvalue weighted by Gasteiger charge is 2.59. The Morgan fingerprint density at radius 1 is 1.21 bits per heavy atom. The average molecular weight is 398 g/mol. The van der Waals surface area contributed by atoms with E-state index in [2.05, 4.69) is 0 Å². The van der Waals surface area contributed by atoms with E-state index in [0.29, 0.717) is 16.7 Å². The first-order valence-corrected chi connectivity index (χ1v) is 9.21. The summed E-state index contributed by atoms with van der Waals surface area (Å²) in [5.41, 5.74) is -0.101. The van der Waals surface area contributed by atoms with Gasteiger partial charge in [0.2, 0.25) is 5.91 Å². The second-order valence-electron chi connectivity index (χ2n) is 7.45. The lowest BCUT2D eigenvalue weighted by molar-refractivity contribution is -0.384. The number of hydrogen-bond acceptors (Lipinski definition) is 5. The van der Waals surface area contributed by atoms with Crippen LogP contribution in [0.5, 0.6) is 0 Å². The Bertz CT molecular complexity index is 939. The van der Waals surface area contributed by atoms with Crippen LogP contribution >= 0.6 is 0 Å². The number of aliphatic carboxylic acids is 1. The Kier molecular flexibility index (Phi) is 5.39. The van der Waals surface area contributed by atoms with E-state index in [-0.39, 0.29) is 30.7 Å². The molecular weight excluding hydrogens is 376 g/mol. The minimum Gasteiger partial charge on any atom is -0.480 e. The summed E-state index contributed by atoms with van der Waals surface area (Å²) in [5, 5.41) is 30.6. The summed E-state index contributed by atoms with van der Waals surface area (Å²) in [7, 11) is 0. The van der Waals surface area contributed by atoms with Crippen molar-refractivity contribution in [2.45, 2.75) is 44.4 Å². The van der Waals surface area contributed by atoms with Crippen molar-refractivity contribution in [3.8, 4) is 0 Å². The summed E-state index contributed by atoms with van der Waals surface area (Å²) in [6.07, 6.45) is -0.245. The SMILES string of the molecule is CC(C)N1C(=O)C[C@@](C(=O)O)(c2ccc([N+](=O)[O-])cc2)[C@H]1c1ccc(CO)cc1. The third kappa shape index (κ3) is 3.36. The van der Waals surface area contributed by atoms with Crippen molar-refractivity contribution in [3.63, 3.8) is 0 Å². The van der Waals surface area contributed by atoms with Crippen molar-refractivity contribution in [2.75, 3.05) is 0 Å². The van der Waals surface area contributed by atoms with E-state index in [9.17, 15) is 29.9 Å². The van der Waals surface area contributed by atoms with E-state index in [1.54, 1.807) is 29.2 Å². The molecule has 1 aliphatic rings. The molecule has 0 unspecified atom stereocenters. The number of amides is 1. The fourth-order valence-corrected chi connectivity index (χ4v) is 4.10. The summed E-state index contributed by atoms with van der Waals surface area (Å²) >= 11 is 0. The molecule has 0 bridgehead atoms. The predicted octanol–water partition coefficient (Wildman–Crippen LogP) is 2.79. The molecule has 152 valence electrons. The molecule has 2 aromatic rings. The molecule has 0 aromatic heterocycles. The lowest BCUT2D eigenvalue weighted by Crippen LogP contribution is -2.44. The minimum absolute atomic E-state index is 0.149. The highest BCUT2D eigenvalue weighted by molar-refractivity contribution is 5.95. The fourth-order valence-electron chi connectivity index (χ4n) is 4.10. The summed E-state index contributed by atoms with van der Waals surface area (Å²) in [6, 6.07) is 11.1. The van der Waals surface area contributed by atoms with Gasteiger partial charge >= 0.3 is 5.97 Å². The van der Waals surface area contributed by atoms with Crippen LogP contribution in [0.4, 0.5) is 5.69 Å². The molecule has 1 amide bonds. The van der Waals surface area contributed by atoms with Crippen LogP contribution in [0.15, 0.2) is 48.5 Å². The standard InChI is InChI=1S/C21H22N2O6/c1-13(2)22-18(25)11-21(20(26)27,16-7-9-17(10-8-16)23(28)29)19(22)15-5-3-14(12-24)4-6-15/h3-10,13,19,24H,11-12H2,1-2H3,(H,26,27)/t19-,21-/m1/s1. The van der Waals surface area contributed by atoms with Gasteiger partial charge in [-0.25, -0.2) is 0 Å². The van der Waals surface area contributed by atoms with Crippen LogP contribution in [-0.4, -0.2) is 38.0 Å². The van der Waals surface area contributed by atoms with Gasteiger partial charge in [-0.3, -0.25) is 19.7 Å². The summed E-state index contributed by atoms with van der Waals surface area (Å²) in [4.78, 5) is 37.5. The number of carbonyl (C=O) groups is 2. The van der Waals surface area contributed by atoms with E-state index in [1.807, 2.05) is 13.8 Å². The van der Waals surface area contributed by atoms with Crippen molar-refractivity contribution in [3.05, 3.63) is 75.3 Å². The molecule has 3 rings (SSSR count). The number of non-ortho nitro benzene ring substituents is 1. The Morgan fingerprint density at radius 3 is 2.24 bits per heavy atom. The third-order valence-corrected chi connectivity index (χ3v) is 5.47. The summed E-state index contributed by atoms with van der Waals surface area (Å²) in [6.45, 7) is 3.49. The molecule has 0 radical (unpaired) electrons. The maximum Gasteiger partial charge on any atom is 0.317 e. The molecule has 1 heterocycles. The van der Waals surface area contributed by atoms with Gasteiger partial charge in [0, 0.05) is 24.6 Å². The molecule has 29 heavy (non-hydrogen) atoms. The van der Waals surface area contributed by atoms with Gasteiger partial charge in [-0.1, -0.05) is 36.4 Å². The van der Waals surface area contributed by atoms with Gasteiger partial charge < -0.3 is 15.1 Å². The quantitative estimate of drug-likeness (QED) is 0.570. The second kappa shape index (κ2) is 7.63. The van der Waals surface area contributed by atoms with Crippen molar-refractivity contribution in [1.29, 1.82) is 0 Å². The largest absolute Gasteiger partial charge is 0.480 e. The minimum atomic E-state index is -1.59. The number of hydrogen-bond donors (Lipinski definition) is 2. The molecule has 0 aliphatic carbocycles. The van der Waals surface area contributed by atoms with Gasteiger partial charge in [0.25, 0.3) is 5.69 Å². The predicted molar refractivity (Wildman–Crippen MR) is 104 cm³/mol. The van der Waals surface area contributed by atoms with Gasteiger partial charge in [0.1, 0.15) is 5.41 Å². The maximum absolute atomic E-state index is 12.9. The number of aliphatic hydroxyl groups excluding tert-OH is 1.